The van der Waals surface area contributed by atoms with Gasteiger partial charge in [0.2, 0.25) is 5.91 Å². The van der Waals surface area contributed by atoms with Crippen LogP contribution in [0.1, 0.15) is 25.7 Å². The molecule has 0 saturated carbocycles. The van der Waals surface area contributed by atoms with Crippen LogP contribution >= 0.6 is 0 Å². The smallest absolute Gasteiger partial charge is 0.320 e. The zero-order valence-electron chi connectivity index (χ0n) is 11.4. The lowest BCUT2D eigenvalue weighted by Crippen LogP contribution is -2.45. The third-order valence-electron chi connectivity index (χ3n) is 3.31. The Morgan fingerprint density at radius 1 is 1.42 bits per heavy atom. The predicted molar refractivity (Wildman–Crippen MR) is 68.7 cm³/mol. The van der Waals surface area contributed by atoms with E-state index in [2.05, 4.69) is 5.32 Å². The van der Waals surface area contributed by atoms with Gasteiger partial charge < -0.3 is 20.2 Å². The van der Waals surface area contributed by atoms with Crippen LogP contribution < -0.4 is 5.32 Å². The molecule has 0 bridgehead atoms. The molecule has 1 aliphatic heterocycles. The van der Waals surface area contributed by atoms with Gasteiger partial charge in [0.05, 0.1) is 6.42 Å². The monoisotopic (exact) mass is 271 g/mol. The molecule has 108 valence electrons. The van der Waals surface area contributed by atoms with Crippen LogP contribution in [0.25, 0.3) is 0 Å². The van der Waals surface area contributed by atoms with Crippen LogP contribution in [0.4, 0.5) is 4.79 Å². The molecule has 0 aromatic heterocycles. The van der Waals surface area contributed by atoms with E-state index in [4.69, 9.17) is 5.11 Å². The Bertz CT molecular complexity index is 359. The maximum absolute atomic E-state index is 12.2. The number of nitrogens with zero attached hydrogens (tertiary/aromatic N) is 2. The summed E-state index contributed by atoms with van der Waals surface area (Å²) in [5.74, 6) is -1.01. The first kappa shape index (κ1) is 15.3. The molecule has 19 heavy (non-hydrogen) atoms. The second-order valence-corrected chi connectivity index (χ2v) is 4.71. The van der Waals surface area contributed by atoms with Crippen LogP contribution in [0.2, 0.25) is 0 Å². The van der Waals surface area contributed by atoms with Gasteiger partial charge in [0.15, 0.2) is 0 Å². The number of carbonyl (C=O) groups is 3. The van der Waals surface area contributed by atoms with Crippen molar-refractivity contribution >= 4 is 17.9 Å². The molecule has 1 saturated heterocycles. The number of carboxylic acid groups (broad SMARTS) is 1. The highest BCUT2D eigenvalue weighted by atomic mass is 16.4. The van der Waals surface area contributed by atoms with Gasteiger partial charge in [0.1, 0.15) is 0 Å². The zero-order valence-corrected chi connectivity index (χ0v) is 11.4. The highest BCUT2D eigenvalue weighted by molar-refractivity contribution is 5.78. The van der Waals surface area contributed by atoms with E-state index in [0.29, 0.717) is 13.1 Å². The van der Waals surface area contributed by atoms with Crippen molar-refractivity contribution in [2.45, 2.75) is 31.7 Å². The number of aliphatic carboxylic acids is 1. The number of rotatable bonds is 5. The van der Waals surface area contributed by atoms with Crippen molar-refractivity contribution in [2.75, 3.05) is 27.2 Å². The zero-order chi connectivity index (χ0) is 14.4. The van der Waals surface area contributed by atoms with Gasteiger partial charge in [-0.2, -0.15) is 0 Å². The molecule has 1 rings (SSSR count). The van der Waals surface area contributed by atoms with E-state index in [1.165, 1.54) is 4.90 Å². The molecule has 0 aliphatic carbocycles. The summed E-state index contributed by atoms with van der Waals surface area (Å²) in [4.78, 5) is 37.1. The molecule has 1 fully saturated rings. The van der Waals surface area contributed by atoms with Crippen molar-refractivity contribution < 1.29 is 19.5 Å². The molecule has 0 aromatic rings. The second kappa shape index (κ2) is 6.96. The highest BCUT2D eigenvalue weighted by Gasteiger charge is 2.31. The summed E-state index contributed by atoms with van der Waals surface area (Å²) in [6.07, 6.45) is 1.78. The lowest BCUT2D eigenvalue weighted by Gasteiger charge is -2.28. The largest absolute Gasteiger partial charge is 0.481 e. The topological polar surface area (TPSA) is 90.0 Å². The van der Waals surface area contributed by atoms with Crippen molar-refractivity contribution in [1.29, 1.82) is 0 Å². The van der Waals surface area contributed by atoms with Crippen LogP contribution in [0, 0.1) is 0 Å². The molecule has 0 spiro atoms. The fourth-order valence-electron chi connectivity index (χ4n) is 2.21. The molecule has 1 heterocycles. The van der Waals surface area contributed by atoms with E-state index in [1.54, 1.807) is 19.0 Å². The summed E-state index contributed by atoms with van der Waals surface area (Å²) in [6.45, 7) is 0.913. The number of carboxylic acids is 1. The quantitative estimate of drug-likeness (QED) is 0.743. The molecule has 3 amide bonds. The fourth-order valence-corrected chi connectivity index (χ4v) is 2.21. The van der Waals surface area contributed by atoms with E-state index >= 15 is 0 Å². The molecule has 0 aromatic carbocycles. The number of hydrogen-bond acceptors (Lipinski definition) is 3. The van der Waals surface area contributed by atoms with E-state index in [0.717, 1.165) is 12.8 Å². The minimum Gasteiger partial charge on any atom is -0.481 e. The van der Waals surface area contributed by atoms with Gasteiger partial charge in [0.25, 0.3) is 0 Å². The first-order valence-corrected chi connectivity index (χ1v) is 6.39. The maximum atomic E-state index is 12.2. The van der Waals surface area contributed by atoms with Crippen molar-refractivity contribution in [2.24, 2.45) is 0 Å². The van der Waals surface area contributed by atoms with Crippen LogP contribution in [-0.2, 0) is 9.59 Å². The summed E-state index contributed by atoms with van der Waals surface area (Å²) in [5.41, 5.74) is 0. The van der Waals surface area contributed by atoms with Crippen LogP contribution in [0.15, 0.2) is 0 Å². The molecule has 1 atom stereocenters. The molecular formula is C12H21N3O4. The Kier molecular flexibility index (Phi) is 5.59. The Hall–Kier alpha value is -1.79. The Morgan fingerprint density at radius 3 is 2.68 bits per heavy atom. The average Bonchev–Trinajstić information content (AvgIpc) is 2.81. The van der Waals surface area contributed by atoms with Gasteiger partial charge >= 0.3 is 12.0 Å². The normalized spacial score (nSPS) is 18.2. The Morgan fingerprint density at radius 2 is 2.11 bits per heavy atom. The van der Waals surface area contributed by atoms with Crippen LogP contribution in [-0.4, -0.2) is 66.0 Å². The van der Waals surface area contributed by atoms with E-state index in [-0.39, 0.29) is 30.8 Å². The van der Waals surface area contributed by atoms with Gasteiger partial charge in [-0.15, -0.1) is 0 Å². The van der Waals surface area contributed by atoms with Gasteiger partial charge in [-0.05, 0) is 12.8 Å². The lowest BCUT2D eigenvalue weighted by molar-refractivity contribution is -0.138. The molecule has 7 nitrogen and oxygen atoms in total. The first-order valence-electron chi connectivity index (χ1n) is 6.39. The molecule has 2 N–H and O–H groups in total. The number of urea groups is 1. The van der Waals surface area contributed by atoms with Gasteiger partial charge in [-0.3, -0.25) is 9.59 Å². The van der Waals surface area contributed by atoms with E-state index in [9.17, 15) is 14.4 Å². The fraction of sp³-hybridized carbons (Fsp3) is 0.750. The number of carbonyl (C=O) groups excluding carboxylic acids is 2. The van der Waals surface area contributed by atoms with Gasteiger partial charge in [-0.25, -0.2) is 4.79 Å². The standard InChI is InChI=1S/C12H21N3O4/c1-13-10(16)5-7-14(2)12(19)15-6-3-4-9(15)8-11(17)18/h9H,3-8H2,1-2H3,(H,13,16)(H,17,18). The van der Waals surface area contributed by atoms with Crippen LogP contribution in [0.3, 0.4) is 0 Å². The van der Waals surface area contributed by atoms with Crippen molar-refractivity contribution in [3.8, 4) is 0 Å². The average molecular weight is 271 g/mol. The number of hydrogen-bond donors (Lipinski definition) is 2. The summed E-state index contributed by atoms with van der Waals surface area (Å²) in [6, 6.07) is -0.430. The minimum atomic E-state index is -0.891. The van der Waals surface area contributed by atoms with E-state index in [1.807, 2.05) is 0 Å². The van der Waals surface area contributed by atoms with Crippen molar-refractivity contribution in [3.63, 3.8) is 0 Å². The molecular weight excluding hydrogens is 250 g/mol. The van der Waals surface area contributed by atoms with Gasteiger partial charge in [0, 0.05) is 39.6 Å². The summed E-state index contributed by atoms with van der Waals surface area (Å²) >= 11 is 0. The summed E-state index contributed by atoms with van der Waals surface area (Å²) < 4.78 is 0. The van der Waals surface area contributed by atoms with Crippen LogP contribution in [0.5, 0.6) is 0 Å². The number of amides is 3. The Balaban J connectivity index is 2.50. The summed E-state index contributed by atoms with van der Waals surface area (Å²) in [5, 5.41) is 11.3. The predicted octanol–water partition coefficient (Wildman–Crippen LogP) is 0.113. The Labute approximate surface area is 112 Å². The maximum Gasteiger partial charge on any atom is 0.320 e. The SMILES string of the molecule is CNC(=O)CCN(C)C(=O)N1CCCC1CC(=O)O. The molecule has 1 unspecified atom stereocenters. The van der Waals surface area contributed by atoms with Crippen molar-refractivity contribution in [3.05, 3.63) is 0 Å². The highest BCUT2D eigenvalue weighted by Crippen LogP contribution is 2.21. The van der Waals surface area contributed by atoms with E-state index < -0.39 is 5.97 Å². The second-order valence-electron chi connectivity index (χ2n) is 4.71. The molecule has 7 heteroatoms. The first-order chi connectivity index (χ1) is 8.95. The minimum absolute atomic E-state index is 0.0188. The number of likely N-dealkylation sites (tertiary alicyclic amines) is 1. The molecule has 1 aliphatic rings. The molecule has 0 radical (unpaired) electrons. The third kappa shape index (κ3) is 4.42. The lowest BCUT2D eigenvalue weighted by atomic mass is 10.1. The van der Waals surface area contributed by atoms with Gasteiger partial charge in [-0.1, -0.05) is 0 Å². The third-order valence-corrected chi connectivity index (χ3v) is 3.31. The summed E-state index contributed by atoms with van der Waals surface area (Å²) in [7, 11) is 3.18. The van der Waals surface area contributed by atoms with Crippen molar-refractivity contribution in [1.82, 2.24) is 15.1 Å². The number of nitrogens with one attached hydrogen (secondary N) is 1.